The zero-order chi connectivity index (χ0) is 12.3. The number of nitrogens with one attached hydrogen (secondary N) is 1. The lowest BCUT2D eigenvalue weighted by Gasteiger charge is -2.07. The number of aromatic carboxylic acids is 1. The molecule has 0 amide bonds. The molecule has 0 aliphatic rings. The molecule has 1 aromatic carbocycles. The molecule has 0 saturated heterocycles. The first-order chi connectivity index (χ1) is 8.16. The average Bonchev–Trinajstić information content (AvgIpc) is 2.30. The molecule has 17 heavy (non-hydrogen) atoms. The van der Waals surface area contributed by atoms with Crippen molar-refractivity contribution in [3.05, 3.63) is 53.7 Å². The van der Waals surface area contributed by atoms with Gasteiger partial charge in [-0.1, -0.05) is 18.2 Å². The average molecular weight is 228 g/mol. The van der Waals surface area contributed by atoms with Crippen molar-refractivity contribution in [3.63, 3.8) is 0 Å². The van der Waals surface area contributed by atoms with Crippen LogP contribution in [0.25, 0.3) is 0 Å². The fourth-order valence-electron chi connectivity index (χ4n) is 1.53. The van der Waals surface area contributed by atoms with E-state index >= 15 is 0 Å². The highest BCUT2D eigenvalue weighted by Gasteiger charge is 2.08. The highest BCUT2D eigenvalue weighted by Crippen LogP contribution is 2.16. The van der Waals surface area contributed by atoms with Crippen molar-refractivity contribution in [1.82, 2.24) is 4.98 Å². The molecule has 0 unspecified atom stereocenters. The molecule has 0 radical (unpaired) electrons. The summed E-state index contributed by atoms with van der Waals surface area (Å²) in [5.41, 5.74) is 1.64. The molecule has 1 heterocycles. The summed E-state index contributed by atoms with van der Waals surface area (Å²) in [6.07, 6.45) is 0. The standard InChI is InChI=1S/C13H12N2O2/c1-9-11(13(16)17)7-8-12(14-9)15-10-5-3-2-4-6-10/h2-8H,1H3,(H,14,15)(H,16,17). The summed E-state index contributed by atoms with van der Waals surface area (Å²) < 4.78 is 0. The van der Waals surface area contributed by atoms with E-state index in [9.17, 15) is 4.79 Å². The molecule has 1 aromatic heterocycles. The van der Waals surface area contributed by atoms with Gasteiger partial charge in [0, 0.05) is 5.69 Å². The largest absolute Gasteiger partial charge is 0.478 e. The van der Waals surface area contributed by atoms with Gasteiger partial charge in [-0.2, -0.15) is 0 Å². The minimum Gasteiger partial charge on any atom is -0.478 e. The van der Waals surface area contributed by atoms with Crippen LogP contribution < -0.4 is 5.32 Å². The van der Waals surface area contributed by atoms with E-state index in [2.05, 4.69) is 10.3 Å². The predicted molar refractivity (Wildman–Crippen MR) is 65.7 cm³/mol. The Morgan fingerprint density at radius 2 is 1.88 bits per heavy atom. The summed E-state index contributed by atoms with van der Waals surface area (Å²) in [5.74, 6) is -0.319. The second-order valence-corrected chi connectivity index (χ2v) is 3.63. The quantitative estimate of drug-likeness (QED) is 0.847. The van der Waals surface area contributed by atoms with E-state index in [1.54, 1.807) is 19.1 Å². The number of pyridine rings is 1. The van der Waals surface area contributed by atoms with Gasteiger partial charge >= 0.3 is 5.97 Å². The van der Waals surface area contributed by atoms with Crippen molar-refractivity contribution in [2.24, 2.45) is 0 Å². The number of aromatic nitrogens is 1. The van der Waals surface area contributed by atoms with Crippen LogP contribution in [0.1, 0.15) is 16.1 Å². The lowest BCUT2D eigenvalue weighted by atomic mass is 10.2. The highest BCUT2D eigenvalue weighted by atomic mass is 16.4. The number of rotatable bonds is 3. The summed E-state index contributed by atoms with van der Waals surface area (Å²) >= 11 is 0. The van der Waals surface area contributed by atoms with Gasteiger partial charge in [0.15, 0.2) is 0 Å². The molecule has 0 aliphatic carbocycles. The van der Waals surface area contributed by atoms with Gasteiger partial charge in [-0.15, -0.1) is 0 Å². The van der Waals surface area contributed by atoms with Gasteiger partial charge in [0.05, 0.1) is 11.3 Å². The van der Waals surface area contributed by atoms with Crippen molar-refractivity contribution in [2.75, 3.05) is 5.32 Å². The minimum absolute atomic E-state index is 0.226. The number of hydrogen-bond acceptors (Lipinski definition) is 3. The third kappa shape index (κ3) is 2.60. The zero-order valence-electron chi connectivity index (χ0n) is 9.34. The SMILES string of the molecule is Cc1nc(Nc2ccccc2)ccc1C(=O)O. The summed E-state index contributed by atoms with van der Waals surface area (Å²) in [6, 6.07) is 12.8. The summed E-state index contributed by atoms with van der Waals surface area (Å²) in [7, 11) is 0. The molecule has 4 heteroatoms. The number of para-hydroxylation sites is 1. The van der Waals surface area contributed by atoms with Crippen LogP contribution in [0, 0.1) is 6.92 Å². The van der Waals surface area contributed by atoms with Crippen LogP contribution in [0.2, 0.25) is 0 Å². The van der Waals surface area contributed by atoms with E-state index in [-0.39, 0.29) is 5.56 Å². The molecular formula is C13H12N2O2. The maximum Gasteiger partial charge on any atom is 0.337 e. The second-order valence-electron chi connectivity index (χ2n) is 3.63. The Morgan fingerprint density at radius 3 is 2.47 bits per heavy atom. The molecule has 0 bridgehead atoms. The van der Waals surface area contributed by atoms with Crippen molar-refractivity contribution in [1.29, 1.82) is 0 Å². The summed E-state index contributed by atoms with van der Waals surface area (Å²) in [6.45, 7) is 1.68. The van der Waals surface area contributed by atoms with Gasteiger partial charge in [0.1, 0.15) is 5.82 Å². The first kappa shape index (κ1) is 11.1. The van der Waals surface area contributed by atoms with Crippen LogP contribution in [0.15, 0.2) is 42.5 Å². The third-order valence-electron chi connectivity index (χ3n) is 2.36. The number of carboxylic acids is 1. The molecule has 0 saturated carbocycles. The van der Waals surface area contributed by atoms with E-state index < -0.39 is 5.97 Å². The summed E-state index contributed by atoms with van der Waals surface area (Å²) in [5, 5.41) is 12.0. The van der Waals surface area contributed by atoms with Crippen molar-refractivity contribution < 1.29 is 9.90 Å². The lowest BCUT2D eigenvalue weighted by Crippen LogP contribution is -2.03. The molecular weight excluding hydrogens is 216 g/mol. The van der Waals surface area contributed by atoms with Crippen LogP contribution in [-0.2, 0) is 0 Å². The van der Waals surface area contributed by atoms with E-state index in [0.717, 1.165) is 5.69 Å². The first-order valence-electron chi connectivity index (χ1n) is 5.20. The van der Waals surface area contributed by atoms with E-state index in [1.165, 1.54) is 0 Å². The Morgan fingerprint density at radius 1 is 1.18 bits per heavy atom. The van der Waals surface area contributed by atoms with Crippen LogP contribution in [0.5, 0.6) is 0 Å². The van der Waals surface area contributed by atoms with Crippen LogP contribution in [0.3, 0.4) is 0 Å². The van der Waals surface area contributed by atoms with Gasteiger partial charge in [-0.05, 0) is 31.2 Å². The normalized spacial score (nSPS) is 9.94. The number of benzene rings is 1. The Bertz CT molecular complexity index is 538. The molecule has 2 aromatic rings. The number of carbonyl (C=O) groups is 1. The third-order valence-corrected chi connectivity index (χ3v) is 2.36. The van der Waals surface area contributed by atoms with Crippen LogP contribution in [-0.4, -0.2) is 16.1 Å². The van der Waals surface area contributed by atoms with Gasteiger partial charge < -0.3 is 10.4 Å². The Balaban J connectivity index is 2.24. The number of carboxylic acid groups (broad SMARTS) is 1. The second kappa shape index (κ2) is 4.65. The van der Waals surface area contributed by atoms with Crippen molar-refractivity contribution in [2.45, 2.75) is 6.92 Å². The molecule has 0 atom stereocenters. The zero-order valence-corrected chi connectivity index (χ0v) is 9.34. The number of anilines is 2. The van der Waals surface area contributed by atoms with Gasteiger partial charge in [0.25, 0.3) is 0 Å². The Labute approximate surface area is 98.9 Å². The monoisotopic (exact) mass is 228 g/mol. The number of hydrogen-bond donors (Lipinski definition) is 2. The molecule has 4 nitrogen and oxygen atoms in total. The minimum atomic E-state index is -0.957. The predicted octanol–water partition coefficient (Wildman–Crippen LogP) is 2.83. The maximum atomic E-state index is 10.8. The van der Waals surface area contributed by atoms with E-state index in [0.29, 0.717) is 11.5 Å². The van der Waals surface area contributed by atoms with Gasteiger partial charge in [0.2, 0.25) is 0 Å². The maximum absolute atomic E-state index is 10.8. The van der Waals surface area contributed by atoms with Crippen LogP contribution >= 0.6 is 0 Å². The fraction of sp³-hybridized carbons (Fsp3) is 0.0769. The van der Waals surface area contributed by atoms with Gasteiger partial charge in [-0.3, -0.25) is 0 Å². The lowest BCUT2D eigenvalue weighted by molar-refractivity contribution is 0.0695. The number of nitrogens with zero attached hydrogens (tertiary/aromatic N) is 1. The topological polar surface area (TPSA) is 62.2 Å². The van der Waals surface area contributed by atoms with Crippen molar-refractivity contribution in [3.8, 4) is 0 Å². The Kier molecular flexibility index (Phi) is 3.05. The Hall–Kier alpha value is -2.36. The fourth-order valence-corrected chi connectivity index (χ4v) is 1.53. The smallest absolute Gasteiger partial charge is 0.337 e. The molecule has 2 N–H and O–H groups in total. The van der Waals surface area contributed by atoms with E-state index in [1.807, 2.05) is 30.3 Å². The van der Waals surface area contributed by atoms with Crippen molar-refractivity contribution >= 4 is 17.5 Å². The first-order valence-corrected chi connectivity index (χ1v) is 5.20. The van der Waals surface area contributed by atoms with Crippen LogP contribution in [0.4, 0.5) is 11.5 Å². The molecule has 2 rings (SSSR count). The molecule has 0 spiro atoms. The molecule has 0 aliphatic heterocycles. The highest BCUT2D eigenvalue weighted by molar-refractivity contribution is 5.89. The molecule has 0 fully saturated rings. The molecule has 86 valence electrons. The summed E-state index contributed by atoms with van der Waals surface area (Å²) in [4.78, 5) is 15.0. The number of aryl methyl sites for hydroxylation is 1. The van der Waals surface area contributed by atoms with E-state index in [4.69, 9.17) is 5.11 Å². The van der Waals surface area contributed by atoms with Gasteiger partial charge in [-0.25, -0.2) is 9.78 Å².